The predicted molar refractivity (Wildman–Crippen MR) is 174 cm³/mol. The second kappa shape index (κ2) is 12.4. The average molecular weight is 628 g/mol. The van der Waals surface area contributed by atoms with Crippen LogP contribution in [0.25, 0.3) is 0 Å². The molecule has 1 N–H and O–H groups in total. The number of aromatic amines is 1. The molecule has 2 aromatic carbocycles. The molecule has 0 spiro atoms. The van der Waals surface area contributed by atoms with Gasteiger partial charge in [-0.15, -0.1) is 0 Å². The maximum atomic E-state index is 16.6. The van der Waals surface area contributed by atoms with E-state index in [4.69, 9.17) is 13.7 Å². The standard InChI is InChI=1S/C32H46FN3O5Si2/c1-31(2,3)42(8,9)41-35(7)28-25(40-29(27(28)33)36-26(37)20-21-34-30(36)38)22-39-43(32(4,5)6,23-16-12-10-13-17-23)24-18-14-11-15-19-24/h10-21,25,27-29H,22H2,1-9H3,(H,34,38)/t25-,27+,28-,29?/m1/s1. The third-order valence-electron chi connectivity index (χ3n) is 8.92. The molecule has 1 unspecified atom stereocenters. The lowest BCUT2D eigenvalue weighted by atomic mass is 10.1. The lowest BCUT2D eigenvalue weighted by Crippen LogP contribution is -2.67. The van der Waals surface area contributed by atoms with Crippen molar-refractivity contribution < 1.29 is 18.1 Å². The van der Waals surface area contributed by atoms with E-state index in [1.807, 2.05) is 36.4 Å². The first kappa shape index (κ1) is 33.2. The summed E-state index contributed by atoms with van der Waals surface area (Å²) in [5, 5.41) is 3.26. The fraction of sp³-hybridized carbons (Fsp3) is 0.500. The highest BCUT2D eigenvalue weighted by Crippen LogP contribution is 2.41. The van der Waals surface area contributed by atoms with Gasteiger partial charge in [0.15, 0.2) is 12.4 Å². The Bertz CT molecular complexity index is 1420. The largest absolute Gasteiger partial charge is 0.405 e. The number of ether oxygens (including phenoxy) is 1. The number of benzene rings is 2. The smallest absolute Gasteiger partial charge is 0.330 e. The molecule has 4 rings (SSSR count). The van der Waals surface area contributed by atoms with Crippen LogP contribution in [-0.2, 0) is 13.7 Å². The lowest BCUT2D eigenvalue weighted by molar-refractivity contribution is -0.119. The van der Waals surface area contributed by atoms with Crippen LogP contribution in [0.5, 0.6) is 0 Å². The summed E-state index contributed by atoms with van der Waals surface area (Å²) in [4.78, 5) is 28.0. The van der Waals surface area contributed by atoms with Crippen LogP contribution in [0.1, 0.15) is 47.8 Å². The van der Waals surface area contributed by atoms with Crippen molar-refractivity contribution in [2.24, 2.45) is 0 Å². The van der Waals surface area contributed by atoms with Crippen LogP contribution in [-0.4, -0.2) is 63.2 Å². The van der Waals surface area contributed by atoms with Crippen molar-refractivity contribution in [1.82, 2.24) is 14.6 Å². The Morgan fingerprint density at radius 1 is 0.907 bits per heavy atom. The topological polar surface area (TPSA) is 85.8 Å². The predicted octanol–water partition coefficient (Wildman–Crippen LogP) is 4.59. The maximum absolute atomic E-state index is 16.6. The highest BCUT2D eigenvalue weighted by Gasteiger charge is 2.55. The molecule has 4 atom stereocenters. The zero-order valence-corrected chi connectivity index (χ0v) is 28.8. The molecule has 11 heteroatoms. The quantitative estimate of drug-likeness (QED) is 0.276. The molecule has 3 aromatic rings. The summed E-state index contributed by atoms with van der Waals surface area (Å²) in [7, 11) is -3.66. The highest BCUT2D eigenvalue weighted by molar-refractivity contribution is 6.99. The summed E-state index contributed by atoms with van der Waals surface area (Å²) < 4.78 is 37.3. The summed E-state index contributed by atoms with van der Waals surface area (Å²) in [6, 6.07) is 20.6. The first-order chi connectivity index (χ1) is 20.0. The third kappa shape index (κ3) is 6.43. The molecular formula is C32H46FN3O5Si2. The minimum absolute atomic E-state index is 0.0273. The number of hydroxylamine groups is 2. The molecule has 0 saturated carbocycles. The molecule has 1 aliphatic heterocycles. The molecule has 234 valence electrons. The van der Waals surface area contributed by atoms with Gasteiger partial charge in [0.25, 0.3) is 13.9 Å². The molecule has 1 aliphatic rings. The fourth-order valence-corrected chi connectivity index (χ4v) is 11.4. The van der Waals surface area contributed by atoms with Gasteiger partial charge in [0.05, 0.1) is 12.6 Å². The van der Waals surface area contributed by atoms with E-state index in [1.54, 1.807) is 12.1 Å². The van der Waals surface area contributed by atoms with Crippen molar-refractivity contribution in [3.8, 4) is 0 Å². The molecule has 1 saturated heterocycles. The molecule has 0 bridgehead atoms. The zero-order valence-electron chi connectivity index (χ0n) is 26.8. The van der Waals surface area contributed by atoms with Crippen molar-refractivity contribution in [2.45, 2.75) is 89.3 Å². The highest BCUT2D eigenvalue weighted by atomic mass is 28.4. The molecular weight excluding hydrogens is 582 g/mol. The number of alkyl halides is 1. The number of rotatable bonds is 9. The van der Waals surface area contributed by atoms with Crippen LogP contribution < -0.4 is 21.6 Å². The molecule has 43 heavy (non-hydrogen) atoms. The van der Waals surface area contributed by atoms with Crippen LogP contribution in [0.4, 0.5) is 4.39 Å². The SMILES string of the molecule is CN(O[Si](C)(C)C(C)(C)C)[C@H]1[C@H](F)C(n2c(=O)cc[nH]c2=O)O[C@@H]1CO[Si](c1ccccc1)(c1ccccc1)C(C)(C)C. The molecule has 0 radical (unpaired) electrons. The average Bonchev–Trinajstić information content (AvgIpc) is 3.24. The van der Waals surface area contributed by atoms with Crippen LogP contribution in [0, 0.1) is 0 Å². The number of halogens is 1. The number of H-pyrrole nitrogens is 1. The van der Waals surface area contributed by atoms with E-state index in [-0.39, 0.29) is 16.7 Å². The van der Waals surface area contributed by atoms with Crippen molar-refractivity contribution >= 4 is 27.0 Å². The molecule has 0 amide bonds. The summed E-state index contributed by atoms with van der Waals surface area (Å²) in [5.74, 6) is 0. The molecule has 2 heterocycles. The van der Waals surface area contributed by atoms with E-state index in [2.05, 4.69) is 83.9 Å². The van der Waals surface area contributed by atoms with Crippen molar-refractivity contribution in [3.05, 3.63) is 93.8 Å². The third-order valence-corrected chi connectivity index (χ3v) is 18.3. The maximum Gasteiger partial charge on any atom is 0.330 e. The normalized spacial score (nSPS) is 21.8. The lowest BCUT2D eigenvalue weighted by Gasteiger charge is -2.44. The van der Waals surface area contributed by atoms with E-state index in [1.165, 1.54) is 12.3 Å². The van der Waals surface area contributed by atoms with Crippen molar-refractivity contribution in [1.29, 1.82) is 0 Å². The minimum atomic E-state index is -2.99. The number of hydrogen-bond acceptors (Lipinski definition) is 6. The Morgan fingerprint density at radius 3 is 1.91 bits per heavy atom. The summed E-state index contributed by atoms with van der Waals surface area (Å²) in [6.07, 6.45) is -2.79. The second-order valence-electron chi connectivity index (χ2n) is 13.9. The van der Waals surface area contributed by atoms with Gasteiger partial charge in [-0.25, -0.2) is 13.8 Å². The summed E-state index contributed by atoms with van der Waals surface area (Å²) in [5.41, 5.74) is -1.38. The Kier molecular flexibility index (Phi) is 9.56. The van der Waals surface area contributed by atoms with Gasteiger partial charge in [-0.3, -0.25) is 4.79 Å². The van der Waals surface area contributed by atoms with Crippen LogP contribution in [0.2, 0.25) is 23.2 Å². The zero-order chi connectivity index (χ0) is 31.8. The van der Waals surface area contributed by atoms with E-state index in [0.29, 0.717) is 0 Å². The van der Waals surface area contributed by atoms with Crippen molar-refractivity contribution in [2.75, 3.05) is 13.7 Å². The summed E-state index contributed by atoms with van der Waals surface area (Å²) in [6.45, 7) is 17.0. The van der Waals surface area contributed by atoms with Crippen LogP contribution in [0.15, 0.2) is 82.5 Å². The molecule has 1 fully saturated rings. The van der Waals surface area contributed by atoms with Gasteiger partial charge in [-0.05, 0) is 33.5 Å². The van der Waals surface area contributed by atoms with Gasteiger partial charge in [-0.1, -0.05) is 102 Å². The Morgan fingerprint density at radius 2 is 1.44 bits per heavy atom. The Hall–Kier alpha value is -2.68. The van der Waals surface area contributed by atoms with Gasteiger partial charge in [-0.2, -0.15) is 5.06 Å². The Labute approximate surface area is 256 Å². The molecule has 1 aromatic heterocycles. The van der Waals surface area contributed by atoms with Gasteiger partial charge in [0.1, 0.15) is 6.10 Å². The summed E-state index contributed by atoms with van der Waals surface area (Å²) >= 11 is 0. The van der Waals surface area contributed by atoms with E-state index < -0.39 is 52.4 Å². The number of nitrogens with one attached hydrogen (secondary N) is 1. The van der Waals surface area contributed by atoms with Gasteiger partial charge >= 0.3 is 5.69 Å². The van der Waals surface area contributed by atoms with Gasteiger partial charge in [0, 0.05) is 19.3 Å². The van der Waals surface area contributed by atoms with Gasteiger partial charge in [0.2, 0.25) is 8.32 Å². The Balaban J connectivity index is 1.79. The number of aromatic nitrogens is 2. The first-order valence-electron chi connectivity index (χ1n) is 14.8. The number of hydrogen-bond donors (Lipinski definition) is 1. The monoisotopic (exact) mass is 627 g/mol. The molecule has 8 nitrogen and oxygen atoms in total. The van der Waals surface area contributed by atoms with Gasteiger partial charge < -0.3 is 18.7 Å². The van der Waals surface area contributed by atoms with Crippen LogP contribution >= 0.6 is 0 Å². The first-order valence-corrected chi connectivity index (χ1v) is 19.6. The van der Waals surface area contributed by atoms with E-state index >= 15 is 4.39 Å². The van der Waals surface area contributed by atoms with Crippen LogP contribution in [0.3, 0.4) is 0 Å². The molecule has 0 aliphatic carbocycles. The van der Waals surface area contributed by atoms with E-state index in [9.17, 15) is 9.59 Å². The second-order valence-corrected chi connectivity index (χ2v) is 22.9. The van der Waals surface area contributed by atoms with Crippen molar-refractivity contribution in [3.63, 3.8) is 0 Å². The minimum Gasteiger partial charge on any atom is -0.405 e. The number of nitrogens with zero attached hydrogens (tertiary/aromatic N) is 2. The fourth-order valence-electron chi connectivity index (χ4n) is 5.69. The number of likely N-dealkylation sites (N-methyl/N-ethyl adjacent to an activating group) is 1. The van der Waals surface area contributed by atoms with E-state index in [0.717, 1.165) is 14.9 Å².